The zero-order chi connectivity index (χ0) is 21.5. The maximum atomic E-state index is 12.1. The highest BCUT2D eigenvalue weighted by atomic mass is 79.9. The molecule has 0 heterocycles. The third-order valence-electron chi connectivity index (χ3n) is 4.04. The number of carboxylic acid groups (broad SMARTS) is 1. The van der Waals surface area contributed by atoms with Crippen molar-refractivity contribution in [3.63, 3.8) is 0 Å². The van der Waals surface area contributed by atoms with Crippen molar-refractivity contribution < 1.29 is 19.4 Å². The summed E-state index contributed by atoms with van der Waals surface area (Å²) in [4.78, 5) is 23.1. The molecule has 152 valence electrons. The van der Waals surface area contributed by atoms with Crippen molar-refractivity contribution >= 4 is 45.6 Å². The molecule has 0 fully saturated rings. The molecule has 6 nitrogen and oxygen atoms in total. The molecule has 0 aliphatic rings. The molecule has 0 spiro atoms. The number of nitrogens with zero attached hydrogens (tertiary/aromatic N) is 1. The number of halogens is 2. The van der Waals surface area contributed by atoms with Crippen LogP contribution in [0.5, 0.6) is 5.75 Å². The fourth-order valence-electron chi connectivity index (χ4n) is 2.48. The van der Waals surface area contributed by atoms with Gasteiger partial charge in [0, 0.05) is 20.6 Å². The molecule has 1 amide bonds. The van der Waals surface area contributed by atoms with Gasteiger partial charge >= 0.3 is 5.97 Å². The van der Waals surface area contributed by atoms with Crippen molar-refractivity contribution in [2.24, 2.45) is 5.10 Å². The van der Waals surface area contributed by atoms with Crippen LogP contribution in [0, 0.1) is 0 Å². The van der Waals surface area contributed by atoms with Crippen molar-refractivity contribution in [2.45, 2.75) is 6.61 Å². The SMILES string of the molecule is O=C(O)c1ccc(COc2ccc(Br)cc2/C=N\NC(=O)c2ccc(Cl)cc2)cc1. The Kier molecular flexibility index (Phi) is 7.21. The fraction of sp³-hybridized carbons (Fsp3) is 0.0455. The Labute approximate surface area is 186 Å². The Bertz CT molecular complexity index is 1080. The van der Waals surface area contributed by atoms with Gasteiger partial charge in [-0.15, -0.1) is 0 Å². The van der Waals surface area contributed by atoms with Crippen molar-refractivity contribution in [1.29, 1.82) is 0 Å². The van der Waals surface area contributed by atoms with Crippen LogP contribution in [-0.2, 0) is 6.61 Å². The molecule has 30 heavy (non-hydrogen) atoms. The summed E-state index contributed by atoms with van der Waals surface area (Å²) in [6, 6.07) is 18.3. The van der Waals surface area contributed by atoms with Crippen LogP contribution in [-0.4, -0.2) is 23.2 Å². The number of nitrogens with one attached hydrogen (secondary N) is 1. The molecule has 0 unspecified atom stereocenters. The van der Waals surface area contributed by atoms with Gasteiger partial charge in [0.2, 0.25) is 0 Å². The number of benzene rings is 3. The van der Waals surface area contributed by atoms with Gasteiger partial charge in [-0.05, 0) is 60.2 Å². The van der Waals surface area contributed by atoms with Crippen LogP contribution in [0.4, 0.5) is 0 Å². The minimum atomic E-state index is -0.977. The Morgan fingerprint density at radius 2 is 1.70 bits per heavy atom. The summed E-state index contributed by atoms with van der Waals surface area (Å²) < 4.78 is 6.67. The van der Waals surface area contributed by atoms with Crippen LogP contribution in [0.2, 0.25) is 5.02 Å². The van der Waals surface area contributed by atoms with E-state index in [2.05, 4.69) is 26.5 Å². The number of ether oxygens (including phenoxy) is 1. The molecule has 0 atom stereocenters. The molecule has 3 aromatic rings. The molecule has 8 heteroatoms. The first-order valence-corrected chi connectivity index (χ1v) is 9.93. The van der Waals surface area contributed by atoms with Gasteiger partial charge in [-0.1, -0.05) is 39.7 Å². The number of hydrazone groups is 1. The third kappa shape index (κ3) is 5.92. The number of amides is 1. The number of rotatable bonds is 7. The van der Waals surface area contributed by atoms with E-state index < -0.39 is 5.97 Å². The van der Waals surface area contributed by atoms with Crippen LogP contribution >= 0.6 is 27.5 Å². The summed E-state index contributed by atoms with van der Waals surface area (Å²) in [5.74, 6) is -0.779. The van der Waals surface area contributed by atoms with Gasteiger partial charge in [-0.25, -0.2) is 10.2 Å². The van der Waals surface area contributed by atoms with Gasteiger partial charge in [-0.2, -0.15) is 5.10 Å². The van der Waals surface area contributed by atoms with Gasteiger partial charge in [0.25, 0.3) is 5.91 Å². The third-order valence-corrected chi connectivity index (χ3v) is 4.79. The molecule has 0 saturated carbocycles. The highest BCUT2D eigenvalue weighted by Crippen LogP contribution is 2.23. The molecule has 0 aromatic heterocycles. The lowest BCUT2D eigenvalue weighted by atomic mass is 10.1. The summed E-state index contributed by atoms with van der Waals surface area (Å²) in [6.45, 7) is 0.250. The topological polar surface area (TPSA) is 88.0 Å². The molecule has 2 N–H and O–H groups in total. The van der Waals surface area contributed by atoms with E-state index in [1.165, 1.54) is 18.3 Å². The summed E-state index contributed by atoms with van der Waals surface area (Å²) in [5.41, 5.74) is 4.59. The molecule has 3 rings (SSSR count). The molecular weight excluding hydrogens is 472 g/mol. The van der Waals surface area contributed by atoms with Crippen LogP contribution in [0.25, 0.3) is 0 Å². The monoisotopic (exact) mass is 486 g/mol. The van der Waals surface area contributed by atoms with E-state index in [1.54, 1.807) is 48.5 Å². The highest BCUT2D eigenvalue weighted by Gasteiger charge is 2.07. The first-order valence-electron chi connectivity index (χ1n) is 8.76. The number of carboxylic acids is 1. The van der Waals surface area contributed by atoms with Crippen LogP contribution in [0.3, 0.4) is 0 Å². The van der Waals surface area contributed by atoms with Crippen LogP contribution < -0.4 is 10.2 Å². The van der Waals surface area contributed by atoms with Gasteiger partial charge in [0.05, 0.1) is 11.8 Å². The average molecular weight is 488 g/mol. The van der Waals surface area contributed by atoms with E-state index in [1.807, 2.05) is 6.07 Å². The Morgan fingerprint density at radius 3 is 2.37 bits per heavy atom. The van der Waals surface area contributed by atoms with E-state index in [0.717, 1.165) is 10.0 Å². The lowest BCUT2D eigenvalue weighted by Crippen LogP contribution is -2.17. The van der Waals surface area contributed by atoms with Gasteiger partial charge in [0.1, 0.15) is 12.4 Å². The number of aromatic carboxylic acids is 1. The number of carbonyl (C=O) groups is 2. The predicted molar refractivity (Wildman–Crippen MR) is 118 cm³/mol. The highest BCUT2D eigenvalue weighted by molar-refractivity contribution is 9.10. The second-order valence-electron chi connectivity index (χ2n) is 6.18. The largest absolute Gasteiger partial charge is 0.488 e. The molecule has 0 radical (unpaired) electrons. The van der Waals surface area contributed by atoms with E-state index in [4.69, 9.17) is 21.4 Å². The van der Waals surface area contributed by atoms with Crippen molar-refractivity contribution in [3.05, 3.63) is 98.5 Å². The summed E-state index contributed by atoms with van der Waals surface area (Å²) in [5, 5.41) is 13.5. The van der Waals surface area contributed by atoms with Gasteiger partial charge in [0.15, 0.2) is 0 Å². The molecule has 3 aromatic carbocycles. The molecule has 0 aliphatic heterocycles. The number of hydrogen-bond acceptors (Lipinski definition) is 4. The van der Waals surface area contributed by atoms with Crippen LogP contribution in [0.15, 0.2) is 76.3 Å². The molecule has 0 aliphatic carbocycles. The predicted octanol–water partition coefficient (Wildman–Crippen LogP) is 5.14. The summed E-state index contributed by atoms with van der Waals surface area (Å²) in [6.07, 6.45) is 1.49. The fourth-order valence-corrected chi connectivity index (χ4v) is 2.99. The zero-order valence-electron chi connectivity index (χ0n) is 15.5. The quantitative estimate of drug-likeness (QED) is 0.357. The Balaban J connectivity index is 1.67. The number of carbonyl (C=O) groups excluding carboxylic acids is 1. The second kappa shape index (κ2) is 10.0. The van der Waals surface area contributed by atoms with Crippen molar-refractivity contribution in [2.75, 3.05) is 0 Å². The van der Waals surface area contributed by atoms with E-state index in [9.17, 15) is 9.59 Å². The second-order valence-corrected chi connectivity index (χ2v) is 7.53. The lowest BCUT2D eigenvalue weighted by Gasteiger charge is -2.10. The number of hydrogen-bond donors (Lipinski definition) is 2. The average Bonchev–Trinajstić information content (AvgIpc) is 2.74. The zero-order valence-corrected chi connectivity index (χ0v) is 17.9. The molecule has 0 saturated heterocycles. The van der Waals surface area contributed by atoms with Crippen molar-refractivity contribution in [1.82, 2.24) is 5.43 Å². The maximum Gasteiger partial charge on any atom is 0.335 e. The van der Waals surface area contributed by atoms with E-state index in [0.29, 0.717) is 21.9 Å². The minimum Gasteiger partial charge on any atom is -0.488 e. The summed E-state index contributed by atoms with van der Waals surface area (Å²) in [7, 11) is 0. The van der Waals surface area contributed by atoms with Gasteiger partial charge in [-0.3, -0.25) is 4.79 Å². The van der Waals surface area contributed by atoms with E-state index >= 15 is 0 Å². The van der Waals surface area contributed by atoms with Crippen molar-refractivity contribution in [3.8, 4) is 5.75 Å². The van der Waals surface area contributed by atoms with E-state index in [-0.39, 0.29) is 18.1 Å². The first-order chi connectivity index (χ1) is 14.4. The normalized spacial score (nSPS) is 10.7. The summed E-state index contributed by atoms with van der Waals surface area (Å²) >= 11 is 9.23. The first kappa shape index (κ1) is 21.5. The van der Waals surface area contributed by atoms with Crippen LogP contribution in [0.1, 0.15) is 31.8 Å². The molecular formula is C22H16BrClN2O4. The Hall–Kier alpha value is -3.16. The lowest BCUT2D eigenvalue weighted by molar-refractivity contribution is 0.0696. The standard InChI is InChI=1S/C22H16BrClN2O4/c23-18-7-10-20(30-13-14-1-3-16(4-2-14)22(28)29)17(11-18)12-25-26-21(27)15-5-8-19(24)9-6-15/h1-12H,13H2,(H,26,27)(H,28,29)/b25-12-. The van der Waals surface area contributed by atoms with Gasteiger partial charge < -0.3 is 9.84 Å². The maximum absolute atomic E-state index is 12.1. The smallest absolute Gasteiger partial charge is 0.335 e. The Morgan fingerprint density at radius 1 is 1.03 bits per heavy atom. The molecule has 0 bridgehead atoms. The minimum absolute atomic E-state index is 0.214.